The molecular formula is C22H27N3O2. The first-order chi connectivity index (χ1) is 13.2. The lowest BCUT2D eigenvalue weighted by atomic mass is 10.0. The van der Waals surface area contributed by atoms with Crippen molar-refractivity contribution in [2.45, 2.75) is 32.6 Å². The van der Waals surface area contributed by atoms with E-state index in [0.717, 1.165) is 43.6 Å². The van der Waals surface area contributed by atoms with Crippen LogP contribution in [0.25, 0.3) is 0 Å². The molecule has 3 rings (SSSR count). The van der Waals surface area contributed by atoms with Crippen LogP contribution < -0.4 is 15.5 Å². The number of benzene rings is 2. The Labute approximate surface area is 160 Å². The number of fused-ring (bicyclic) bond motifs is 1. The van der Waals surface area contributed by atoms with Gasteiger partial charge >= 0.3 is 0 Å². The van der Waals surface area contributed by atoms with Crippen LogP contribution in [0.15, 0.2) is 48.5 Å². The minimum atomic E-state index is -0.0593. The summed E-state index contributed by atoms with van der Waals surface area (Å²) in [5, 5.41) is 6.07. The van der Waals surface area contributed by atoms with Crippen LogP contribution in [-0.4, -0.2) is 31.4 Å². The van der Waals surface area contributed by atoms with Gasteiger partial charge in [-0.15, -0.1) is 0 Å². The van der Waals surface area contributed by atoms with Crippen LogP contribution in [-0.2, 0) is 11.2 Å². The number of hydrogen-bond acceptors (Lipinski definition) is 3. The predicted molar refractivity (Wildman–Crippen MR) is 109 cm³/mol. The Morgan fingerprint density at radius 2 is 1.85 bits per heavy atom. The highest BCUT2D eigenvalue weighted by molar-refractivity contribution is 5.97. The number of hydrogen-bond donors (Lipinski definition) is 2. The molecule has 0 bridgehead atoms. The van der Waals surface area contributed by atoms with Gasteiger partial charge in [-0.25, -0.2) is 0 Å². The first-order valence-electron chi connectivity index (χ1n) is 9.69. The van der Waals surface area contributed by atoms with Crippen molar-refractivity contribution in [2.24, 2.45) is 0 Å². The lowest BCUT2D eigenvalue weighted by Gasteiger charge is -2.29. The van der Waals surface area contributed by atoms with E-state index in [1.807, 2.05) is 35.2 Å². The van der Waals surface area contributed by atoms with Gasteiger partial charge in [-0.3, -0.25) is 9.59 Å². The largest absolute Gasteiger partial charge is 0.376 e. The molecule has 0 radical (unpaired) electrons. The molecule has 2 N–H and O–H groups in total. The molecule has 0 aromatic heterocycles. The second kappa shape index (κ2) is 9.21. The molecule has 0 aliphatic carbocycles. The van der Waals surface area contributed by atoms with Gasteiger partial charge in [0.05, 0.1) is 6.54 Å². The van der Waals surface area contributed by atoms with Crippen LogP contribution in [0.5, 0.6) is 0 Å². The van der Waals surface area contributed by atoms with E-state index in [-0.39, 0.29) is 18.4 Å². The second-order valence-electron chi connectivity index (χ2n) is 6.82. The lowest BCUT2D eigenvalue weighted by molar-refractivity contribution is -0.117. The van der Waals surface area contributed by atoms with E-state index in [1.54, 1.807) is 12.1 Å². The molecule has 0 fully saturated rings. The molecule has 0 saturated heterocycles. The van der Waals surface area contributed by atoms with Crippen molar-refractivity contribution >= 4 is 23.2 Å². The number of rotatable bonds is 7. The van der Waals surface area contributed by atoms with E-state index in [2.05, 4.69) is 23.6 Å². The summed E-state index contributed by atoms with van der Waals surface area (Å²) in [7, 11) is 0. The van der Waals surface area contributed by atoms with Crippen molar-refractivity contribution < 1.29 is 9.59 Å². The predicted octanol–water partition coefficient (Wildman–Crippen LogP) is 3.61. The average molecular weight is 365 g/mol. The van der Waals surface area contributed by atoms with Gasteiger partial charge in [-0.2, -0.15) is 0 Å². The third kappa shape index (κ3) is 4.88. The summed E-state index contributed by atoms with van der Waals surface area (Å²) >= 11 is 0. The molecule has 2 amide bonds. The SMILES string of the molecule is CCCCNC(=O)c1ccc(NCC(=O)N2CCCc3ccccc32)cc1. The van der Waals surface area contributed by atoms with E-state index in [9.17, 15) is 9.59 Å². The zero-order valence-corrected chi connectivity index (χ0v) is 15.8. The molecule has 5 nitrogen and oxygen atoms in total. The zero-order valence-electron chi connectivity index (χ0n) is 15.8. The first-order valence-corrected chi connectivity index (χ1v) is 9.69. The fraction of sp³-hybridized carbons (Fsp3) is 0.364. The molecule has 27 heavy (non-hydrogen) atoms. The minimum absolute atomic E-state index is 0.0588. The smallest absolute Gasteiger partial charge is 0.251 e. The molecule has 0 saturated carbocycles. The Hall–Kier alpha value is -2.82. The molecule has 142 valence electrons. The molecule has 2 aromatic carbocycles. The summed E-state index contributed by atoms with van der Waals surface area (Å²) in [6, 6.07) is 15.3. The maximum Gasteiger partial charge on any atom is 0.251 e. The number of anilines is 2. The Kier molecular flexibility index (Phi) is 6.47. The van der Waals surface area contributed by atoms with Crippen LogP contribution in [0.4, 0.5) is 11.4 Å². The van der Waals surface area contributed by atoms with E-state index in [1.165, 1.54) is 5.56 Å². The Morgan fingerprint density at radius 1 is 1.07 bits per heavy atom. The van der Waals surface area contributed by atoms with Gasteiger partial charge in [0, 0.05) is 30.0 Å². The topological polar surface area (TPSA) is 61.4 Å². The normalized spacial score (nSPS) is 13.0. The number of carbonyl (C=O) groups is 2. The van der Waals surface area contributed by atoms with E-state index in [4.69, 9.17) is 0 Å². The zero-order chi connectivity index (χ0) is 19.1. The molecular weight excluding hydrogens is 338 g/mol. The summed E-state index contributed by atoms with van der Waals surface area (Å²) in [6.45, 7) is 3.78. The highest BCUT2D eigenvalue weighted by Gasteiger charge is 2.21. The standard InChI is InChI=1S/C22H27N3O2/c1-2-3-14-23-22(27)18-10-12-19(13-11-18)24-16-21(26)25-15-6-8-17-7-4-5-9-20(17)25/h4-5,7,9-13,24H,2-3,6,8,14-16H2,1H3,(H,23,27). The molecule has 1 aliphatic heterocycles. The van der Waals surface area contributed by atoms with E-state index >= 15 is 0 Å². The molecule has 0 spiro atoms. The average Bonchev–Trinajstić information content (AvgIpc) is 2.72. The minimum Gasteiger partial charge on any atom is -0.376 e. The van der Waals surface area contributed by atoms with Crippen LogP contribution in [0.2, 0.25) is 0 Å². The van der Waals surface area contributed by atoms with Crippen LogP contribution in [0, 0.1) is 0 Å². The van der Waals surface area contributed by atoms with Crippen molar-refractivity contribution in [3.63, 3.8) is 0 Å². The highest BCUT2D eigenvalue weighted by Crippen LogP contribution is 2.26. The number of unbranched alkanes of at least 4 members (excludes halogenated alkanes) is 1. The van der Waals surface area contributed by atoms with E-state index in [0.29, 0.717) is 12.1 Å². The number of nitrogens with one attached hydrogen (secondary N) is 2. The summed E-state index contributed by atoms with van der Waals surface area (Å²) in [5.41, 5.74) is 3.72. The van der Waals surface area contributed by atoms with Crippen LogP contribution in [0.3, 0.4) is 0 Å². The molecule has 0 atom stereocenters. The fourth-order valence-corrected chi connectivity index (χ4v) is 3.29. The molecule has 2 aromatic rings. The van der Waals surface area contributed by atoms with Gasteiger partial charge in [-0.05, 0) is 55.2 Å². The van der Waals surface area contributed by atoms with Crippen molar-refractivity contribution in [3.8, 4) is 0 Å². The Balaban J connectivity index is 1.54. The van der Waals surface area contributed by atoms with Crippen molar-refractivity contribution in [2.75, 3.05) is 29.9 Å². The second-order valence-corrected chi connectivity index (χ2v) is 6.82. The lowest BCUT2D eigenvalue weighted by Crippen LogP contribution is -2.39. The van der Waals surface area contributed by atoms with Crippen molar-refractivity contribution in [1.29, 1.82) is 0 Å². The highest BCUT2D eigenvalue weighted by atomic mass is 16.2. The number of amides is 2. The van der Waals surface area contributed by atoms with Crippen LogP contribution in [0.1, 0.15) is 42.1 Å². The number of carbonyl (C=O) groups excluding carboxylic acids is 2. The Morgan fingerprint density at radius 3 is 2.63 bits per heavy atom. The Bertz CT molecular complexity index is 786. The van der Waals surface area contributed by atoms with Crippen molar-refractivity contribution in [1.82, 2.24) is 5.32 Å². The van der Waals surface area contributed by atoms with Gasteiger partial charge in [-0.1, -0.05) is 31.5 Å². The third-order valence-corrected chi connectivity index (χ3v) is 4.82. The van der Waals surface area contributed by atoms with Crippen molar-refractivity contribution in [3.05, 3.63) is 59.7 Å². The number of para-hydroxylation sites is 1. The van der Waals surface area contributed by atoms with Gasteiger partial charge in [0.1, 0.15) is 0 Å². The van der Waals surface area contributed by atoms with Crippen LogP contribution >= 0.6 is 0 Å². The third-order valence-electron chi connectivity index (χ3n) is 4.82. The molecule has 5 heteroatoms. The number of nitrogens with zero attached hydrogens (tertiary/aromatic N) is 1. The monoisotopic (exact) mass is 365 g/mol. The summed E-state index contributed by atoms with van der Waals surface area (Å²) in [6.07, 6.45) is 4.05. The van der Waals surface area contributed by atoms with E-state index < -0.39 is 0 Å². The van der Waals surface area contributed by atoms with Gasteiger partial charge in [0.15, 0.2) is 0 Å². The molecule has 1 aliphatic rings. The van der Waals surface area contributed by atoms with Gasteiger partial charge in [0.2, 0.25) is 5.91 Å². The fourth-order valence-electron chi connectivity index (χ4n) is 3.29. The summed E-state index contributed by atoms with van der Waals surface area (Å²) < 4.78 is 0. The number of aryl methyl sites for hydroxylation is 1. The molecule has 0 unspecified atom stereocenters. The maximum absolute atomic E-state index is 12.7. The van der Waals surface area contributed by atoms with Gasteiger partial charge < -0.3 is 15.5 Å². The van der Waals surface area contributed by atoms with Gasteiger partial charge in [0.25, 0.3) is 5.91 Å². The summed E-state index contributed by atoms with van der Waals surface area (Å²) in [4.78, 5) is 26.5. The quantitative estimate of drug-likeness (QED) is 0.737. The first kappa shape index (κ1) is 19.0. The maximum atomic E-state index is 12.7. The summed E-state index contributed by atoms with van der Waals surface area (Å²) in [5.74, 6) is -0.000430. The molecule has 1 heterocycles.